The van der Waals surface area contributed by atoms with Gasteiger partial charge < -0.3 is 0 Å². The highest BCUT2D eigenvalue weighted by molar-refractivity contribution is 6.32. The summed E-state index contributed by atoms with van der Waals surface area (Å²) in [5, 5.41) is 10.2. The predicted octanol–water partition coefficient (Wildman–Crippen LogP) is 21.9. The average molecular weight is 987 g/mol. The first kappa shape index (κ1) is 44.4. The summed E-state index contributed by atoms with van der Waals surface area (Å²) in [7, 11) is 0. The van der Waals surface area contributed by atoms with Gasteiger partial charge in [-0.3, -0.25) is 0 Å². The maximum Gasteiger partial charge on any atom is -0.000719 e. The second kappa shape index (κ2) is 17.3. The molecule has 14 aromatic rings. The molecule has 78 heavy (non-hydrogen) atoms. The Morgan fingerprint density at radius 1 is 0.154 bits per heavy atom. The molecule has 0 amide bonds. The minimum atomic E-state index is 1.21. The Labute approximate surface area is 454 Å². The van der Waals surface area contributed by atoms with E-state index in [1.165, 1.54) is 177 Å². The van der Waals surface area contributed by atoms with Crippen LogP contribution in [0, 0.1) is 13.8 Å². The van der Waals surface area contributed by atoms with Crippen molar-refractivity contribution in [3.05, 3.63) is 278 Å². The Kier molecular flexibility index (Phi) is 9.87. The zero-order valence-corrected chi connectivity index (χ0v) is 43.4. The van der Waals surface area contributed by atoms with Gasteiger partial charge in [0.05, 0.1) is 0 Å². The van der Waals surface area contributed by atoms with Gasteiger partial charge in [0.2, 0.25) is 0 Å². The van der Waals surface area contributed by atoms with E-state index in [0.717, 1.165) is 0 Å². The van der Waals surface area contributed by atoms with E-state index >= 15 is 0 Å². The summed E-state index contributed by atoms with van der Waals surface area (Å²) >= 11 is 0. The van der Waals surface area contributed by atoms with Gasteiger partial charge in [0.25, 0.3) is 0 Å². The lowest BCUT2D eigenvalue weighted by Gasteiger charge is -2.22. The molecule has 0 radical (unpaired) electrons. The van der Waals surface area contributed by atoms with Gasteiger partial charge in [-0.15, -0.1) is 0 Å². The quantitative estimate of drug-likeness (QED) is 0.149. The monoisotopic (exact) mass is 986 g/mol. The Morgan fingerprint density at radius 3 is 0.833 bits per heavy atom. The summed E-state index contributed by atoms with van der Waals surface area (Å²) in [4.78, 5) is 0. The maximum atomic E-state index is 2.45. The molecule has 0 bridgehead atoms. The first-order valence-corrected chi connectivity index (χ1v) is 27.3. The molecule has 0 aliphatic heterocycles. The van der Waals surface area contributed by atoms with Crippen LogP contribution in [0.25, 0.3) is 165 Å². The standard InChI is InChI=1S/C78H50/c1-47-35-39-51(40-36-47)69-61-27-13-15-29-63(61)73(57-25-11-9-23-53(57)49-19-5-3-6-20-49)77-67-45-43-55(59-31-17-33-65(71(59)67)75(69)77)56-44-46-68-72-60(56)32-18-34-66(72)76-70(52-41-37-48(2)38-42-52)62-28-14-16-30-64(62)74(78(68)76)58-26-12-10-24-54(58)50-21-7-4-8-22-50/h3-46H,1-2H3. The fraction of sp³-hybridized carbons (Fsp3) is 0.0256. The molecule has 362 valence electrons. The van der Waals surface area contributed by atoms with Crippen LogP contribution in [0.5, 0.6) is 0 Å². The molecular weight excluding hydrogens is 937 g/mol. The molecule has 0 N–H and O–H groups in total. The molecule has 0 saturated heterocycles. The second-order valence-electron chi connectivity index (χ2n) is 21.4. The third-order valence-electron chi connectivity index (χ3n) is 17.1. The van der Waals surface area contributed by atoms with Crippen LogP contribution in [0.2, 0.25) is 0 Å². The van der Waals surface area contributed by atoms with E-state index in [1.807, 2.05) is 0 Å². The van der Waals surface area contributed by atoms with Crippen LogP contribution in [-0.2, 0) is 0 Å². The first-order valence-electron chi connectivity index (χ1n) is 27.3. The molecule has 0 heterocycles. The van der Waals surface area contributed by atoms with E-state index in [-0.39, 0.29) is 0 Å². The third kappa shape index (κ3) is 6.47. The molecule has 0 aromatic heterocycles. The van der Waals surface area contributed by atoms with Crippen molar-refractivity contribution in [2.75, 3.05) is 0 Å². The number of aryl methyl sites for hydroxylation is 2. The zero-order chi connectivity index (χ0) is 51.6. The van der Waals surface area contributed by atoms with Crippen LogP contribution in [0.4, 0.5) is 0 Å². The van der Waals surface area contributed by atoms with Crippen molar-refractivity contribution in [2.45, 2.75) is 13.8 Å². The van der Waals surface area contributed by atoms with Crippen molar-refractivity contribution >= 4 is 43.1 Å². The SMILES string of the molecule is Cc1ccc(-c2c3c(c(-c4ccccc4-c4ccccc4)c4ccccc24)-c2ccc(-c4ccc5c6c(cccc46)-c4c-5c(-c5ccccc5-c5ccccc5)c5ccccc5c4-c4ccc(C)cc4)c4cccc-3c24)cc1. The van der Waals surface area contributed by atoms with E-state index < -0.39 is 0 Å². The molecule has 0 unspecified atom stereocenters. The maximum absolute atomic E-state index is 2.45. The third-order valence-corrected chi connectivity index (χ3v) is 17.1. The number of rotatable bonds is 7. The highest BCUT2D eigenvalue weighted by Crippen LogP contribution is 2.62. The largest absolute Gasteiger partial charge is 0.0622 e. The molecule has 0 saturated carbocycles. The van der Waals surface area contributed by atoms with Crippen LogP contribution in [0.15, 0.2) is 267 Å². The van der Waals surface area contributed by atoms with Crippen molar-refractivity contribution < 1.29 is 0 Å². The van der Waals surface area contributed by atoms with Crippen LogP contribution in [0.1, 0.15) is 11.1 Å². The minimum absolute atomic E-state index is 1.21. The number of benzene rings is 14. The fourth-order valence-corrected chi connectivity index (χ4v) is 13.8. The van der Waals surface area contributed by atoms with E-state index in [4.69, 9.17) is 0 Å². The lowest BCUT2D eigenvalue weighted by molar-refractivity contribution is 1.47. The van der Waals surface area contributed by atoms with Gasteiger partial charge in [-0.2, -0.15) is 0 Å². The lowest BCUT2D eigenvalue weighted by Crippen LogP contribution is -1.95. The van der Waals surface area contributed by atoms with E-state index in [0.29, 0.717) is 0 Å². The van der Waals surface area contributed by atoms with Crippen molar-refractivity contribution in [3.8, 4) is 122 Å². The Balaban J connectivity index is 0.981. The van der Waals surface area contributed by atoms with Gasteiger partial charge in [0.1, 0.15) is 0 Å². The normalized spacial score (nSPS) is 12.0. The van der Waals surface area contributed by atoms with E-state index in [9.17, 15) is 0 Å². The zero-order valence-electron chi connectivity index (χ0n) is 43.4. The molecule has 0 heteroatoms. The summed E-state index contributed by atoms with van der Waals surface area (Å²) < 4.78 is 0. The van der Waals surface area contributed by atoms with Gasteiger partial charge in [0.15, 0.2) is 0 Å². The van der Waals surface area contributed by atoms with Crippen LogP contribution >= 0.6 is 0 Å². The molecule has 14 aromatic carbocycles. The second-order valence-corrected chi connectivity index (χ2v) is 21.4. The molecule has 0 nitrogen and oxygen atoms in total. The molecule has 2 aliphatic carbocycles. The van der Waals surface area contributed by atoms with Gasteiger partial charge >= 0.3 is 0 Å². The van der Waals surface area contributed by atoms with Crippen molar-refractivity contribution in [1.82, 2.24) is 0 Å². The summed E-state index contributed by atoms with van der Waals surface area (Å²) in [5.41, 5.74) is 30.3. The number of hydrogen-bond donors (Lipinski definition) is 0. The Hall–Kier alpha value is -9.88. The van der Waals surface area contributed by atoms with Crippen molar-refractivity contribution in [1.29, 1.82) is 0 Å². The molecule has 0 spiro atoms. The van der Waals surface area contributed by atoms with E-state index in [2.05, 4.69) is 281 Å². The average Bonchev–Trinajstić information content (AvgIpc) is 3.87. The number of fused-ring (bicyclic) bond motifs is 8. The lowest BCUT2D eigenvalue weighted by atomic mass is 9.81. The number of hydrogen-bond acceptors (Lipinski definition) is 0. The predicted molar refractivity (Wildman–Crippen MR) is 333 cm³/mol. The topological polar surface area (TPSA) is 0 Å². The molecule has 0 fully saturated rings. The summed E-state index contributed by atoms with van der Waals surface area (Å²) in [6, 6.07) is 100. The van der Waals surface area contributed by atoms with Crippen LogP contribution < -0.4 is 0 Å². The van der Waals surface area contributed by atoms with Gasteiger partial charge in [-0.25, -0.2) is 0 Å². The van der Waals surface area contributed by atoms with Gasteiger partial charge in [-0.1, -0.05) is 278 Å². The smallest absolute Gasteiger partial charge is 0.000719 e. The Morgan fingerprint density at radius 2 is 0.436 bits per heavy atom. The van der Waals surface area contributed by atoms with Crippen molar-refractivity contribution in [3.63, 3.8) is 0 Å². The molecule has 0 atom stereocenters. The summed E-state index contributed by atoms with van der Waals surface area (Å²) in [6.07, 6.45) is 0. The highest BCUT2D eigenvalue weighted by atomic mass is 14.4. The molecule has 2 aliphatic rings. The Bertz CT molecular complexity index is 4500. The van der Waals surface area contributed by atoms with E-state index in [1.54, 1.807) is 0 Å². The van der Waals surface area contributed by atoms with Gasteiger partial charge in [0, 0.05) is 0 Å². The van der Waals surface area contributed by atoms with Crippen LogP contribution in [0.3, 0.4) is 0 Å². The highest BCUT2D eigenvalue weighted by Gasteiger charge is 2.35. The fourth-order valence-electron chi connectivity index (χ4n) is 13.8. The van der Waals surface area contributed by atoms with Crippen molar-refractivity contribution in [2.24, 2.45) is 0 Å². The summed E-state index contributed by atoms with van der Waals surface area (Å²) in [6.45, 7) is 4.36. The summed E-state index contributed by atoms with van der Waals surface area (Å²) in [5.74, 6) is 0. The first-order chi connectivity index (χ1) is 38.6. The minimum Gasteiger partial charge on any atom is -0.0622 e. The molecule has 16 rings (SSSR count). The molecular formula is C78H50. The van der Waals surface area contributed by atoms with Gasteiger partial charge in [-0.05, 0) is 179 Å². The van der Waals surface area contributed by atoms with Crippen LogP contribution in [-0.4, -0.2) is 0 Å².